The van der Waals surface area contributed by atoms with Crippen molar-refractivity contribution in [2.75, 3.05) is 30.4 Å². The third-order valence-corrected chi connectivity index (χ3v) is 4.93. The molecule has 2 heterocycles. The molecule has 1 fully saturated rings. The number of aromatic nitrogens is 2. The Hall–Kier alpha value is -2.90. The Morgan fingerprint density at radius 1 is 1.33 bits per heavy atom. The molecule has 0 saturated carbocycles. The molecule has 1 aliphatic heterocycles. The standard InChI is InChI=1S/C19H25N5O3/c1-3-5-14-8-10-23(11-9-14)19-17(24(25)26)18(20-13-21-19)22-15-6-4-7-16(12-15)27-2/h4,6-7,12-14H,3,5,8-11H2,1-2H3,(H,20,21,22). The lowest BCUT2D eigenvalue weighted by atomic mass is 9.92. The van der Waals surface area contributed by atoms with Crippen LogP contribution in [0.3, 0.4) is 0 Å². The lowest BCUT2D eigenvalue weighted by Gasteiger charge is -2.32. The summed E-state index contributed by atoms with van der Waals surface area (Å²) in [6.07, 6.45) is 5.83. The van der Waals surface area contributed by atoms with Gasteiger partial charge < -0.3 is 15.0 Å². The highest BCUT2D eigenvalue weighted by Gasteiger charge is 2.29. The van der Waals surface area contributed by atoms with Gasteiger partial charge in [0.05, 0.1) is 12.0 Å². The fraction of sp³-hybridized carbons (Fsp3) is 0.474. The Balaban J connectivity index is 1.86. The number of rotatable bonds is 7. The maximum atomic E-state index is 11.8. The lowest BCUT2D eigenvalue weighted by Crippen LogP contribution is -2.34. The number of nitrogens with zero attached hydrogens (tertiary/aromatic N) is 4. The number of hydrogen-bond acceptors (Lipinski definition) is 7. The van der Waals surface area contributed by atoms with Gasteiger partial charge in [0.2, 0.25) is 11.6 Å². The summed E-state index contributed by atoms with van der Waals surface area (Å²) < 4.78 is 5.20. The minimum absolute atomic E-state index is 0.0886. The van der Waals surface area contributed by atoms with Gasteiger partial charge in [-0.15, -0.1) is 0 Å². The average Bonchev–Trinajstić information content (AvgIpc) is 2.68. The van der Waals surface area contributed by atoms with E-state index >= 15 is 0 Å². The number of nitro groups is 1. The van der Waals surface area contributed by atoms with E-state index in [4.69, 9.17) is 4.74 Å². The third kappa shape index (κ3) is 4.45. The van der Waals surface area contributed by atoms with Crippen LogP contribution in [0.5, 0.6) is 5.75 Å². The molecular formula is C19H25N5O3. The first-order valence-electron chi connectivity index (χ1n) is 9.27. The van der Waals surface area contributed by atoms with Gasteiger partial charge in [-0.3, -0.25) is 10.1 Å². The molecule has 0 radical (unpaired) electrons. The summed E-state index contributed by atoms with van der Waals surface area (Å²) >= 11 is 0. The summed E-state index contributed by atoms with van der Waals surface area (Å²) in [6, 6.07) is 7.20. The molecule has 144 valence electrons. The summed E-state index contributed by atoms with van der Waals surface area (Å²) in [6.45, 7) is 3.75. The molecule has 1 aromatic carbocycles. The van der Waals surface area contributed by atoms with Gasteiger partial charge in [0.25, 0.3) is 0 Å². The van der Waals surface area contributed by atoms with Crippen LogP contribution in [0.4, 0.5) is 23.0 Å². The van der Waals surface area contributed by atoms with Crippen molar-refractivity contribution in [3.05, 3.63) is 40.7 Å². The zero-order valence-corrected chi connectivity index (χ0v) is 15.7. The molecule has 0 bridgehead atoms. The molecule has 1 aliphatic rings. The summed E-state index contributed by atoms with van der Waals surface area (Å²) in [5.74, 6) is 1.93. The highest BCUT2D eigenvalue weighted by atomic mass is 16.6. The van der Waals surface area contributed by atoms with E-state index in [0.717, 1.165) is 25.9 Å². The van der Waals surface area contributed by atoms with Gasteiger partial charge in [-0.25, -0.2) is 9.97 Å². The van der Waals surface area contributed by atoms with Crippen molar-refractivity contribution in [2.24, 2.45) is 5.92 Å². The Morgan fingerprint density at radius 3 is 2.78 bits per heavy atom. The molecular weight excluding hydrogens is 346 g/mol. The van der Waals surface area contributed by atoms with Crippen molar-refractivity contribution in [1.29, 1.82) is 0 Å². The van der Waals surface area contributed by atoms with Gasteiger partial charge in [0, 0.05) is 24.8 Å². The Morgan fingerprint density at radius 2 is 2.11 bits per heavy atom. The third-order valence-electron chi connectivity index (χ3n) is 4.93. The van der Waals surface area contributed by atoms with Gasteiger partial charge >= 0.3 is 5.69 Å². The second-order valence-electron chi connectivity index (χ2n) is 6.73. The number of benzene rings is 1. The number of anilines is 3. The first kappa shape index (κ1) is 18.9. The van der Waals surface area contributed by atoms with E-state index in [0.29, 0.717) is 23.2 Å². The monoisotopic (exact) mass is 371 g/mol. The van der Waals surface area contributed by atoms with Gasteiger partial charge in [0.15, 0.2) is 0 Å². The van der Waals surface area contributed by atoms with Crippen LogP contribution in [0.1, 0.15) is 32.6 Å². The van der Waals surface area contributed by atoms with E-state index < -0.39 is 4.92 Å². The average molecular weight is 371 g/mol. The molecule has 27 heavy (non-hydrogen) atoms. The Bertz CT molecular complexity index is 791. The second kappa shape index (κ2) is 8.66. The van der Waals surface area contributed by atoms with Gasteiger partial charge in [-0.05, 0) is 30.9 Å². The summed E-state index contributed by atoms with van der Waals surface area (Å²) in [4.78, 5) is 21.8. The van der Waals surface area contributed by atoms with Crippen LogP contribution >= 0.6 is 0 Å². The molecule has 0 amide bonds. The van der Waals surface area contributed by atoms with Crippen molar-refractivity contribution in [3.8, 4) is 5.75 Å². The van der Waals surface area contributed by atoms with Gasteiger partial charge in [-0.1, -0.05) is 25.8 Å². The van der Waals surface area contributed by atoms with Gasteiger partial charge in [-0.2, -0.15) is 0 Å². The smallest absolute Gasteiger partial charge is 0.353 e. The van der Waals surface area contributed by atoms with E-state index in [1.807, 2.05) is 23.1 Å². The molecule has 8 nitrogen and oxygen atoms in total. The molecule has 8 heteroatoms. The van der Waals surface area contributed by atoms with Crippen LogP contribution in [-0.2, 0) is 0 Å². The molecule has 0 unspecified atom stereocenters. The predicted molar refractivity (Wildman–Crippen MR) is 105 cm³/mol. The van der Waals surface area contributed by atoms with Crippen molar-refractivity contribution in [2.45, 2.75) is 32.6 Å². The molecule has 1 aromatic heterocycles. The summed E-state index contributed by atoms with van der Waals surface area (Å²) in [5.41, 5.74) is 0.581. The number of ether oxygens (including phenoxy) is 1. The van der Waals surface area contributed by atoms with E-state index in [1.165, 1.54) is 19.2 Å². The Kier molecular flexibility index (Phi) is 6.05. The number of nitrogens with one attached hydrogen (secondary N) is 1. The fourth-order valence-electron chi connectivity index (χ4n) is 3.54. The quantitative estimate of drug-likeness (QED) is 0.577. The maximum absolute atomic E-state index is 11.8. The first-order valence-corrected chi connectivity index (χ1v) is 9.27. The highest BCUT2D eigenvalue weighted by molar-refractivity contribution is 5.74. The van der Waals surface area contributed by atoms with Crippen molar-refractivity contribution < 1.29 is 9.66 Å². The van der Waals surface area contributed by atoms with Crippen LogP contribution in [0.2, 0.25) is 0 Å². The fourth-order valence-corrected chi connectivity index (χ4v) is 3.54. The van der Waals surface area contributed by atoms with E-state index in [-0.39, 0.29) is 11.5 Å². The van der Waals surface area contributed by atoms with Crippen molar-refractivity contribution >= 4 is 23.0 Å². The molecule has 1 N–H and O–H groups in total. The van der Waals surface area contributed by atoms with Crippen LogP contribution in [0.15, 0.2) is 30.6 Å². The topological polar surface area (TPSA) is 93.4 Å². The molecule has 2 aromatic rings. The zero-order valence-electron chi connectivity index (χ0n) is 15.7. The SMILES string of the molecule is CCCC1CCN(c2ncnc(Nc3cccc(OC)c3)c2[N+](=O)[O-])CC1. The molecule has 0 aliphatic carbocycles. The Labute approximate surface area is 158 Å². The van der Waals surface area contributed by atoms with Crippen molar-refractivity contribution in [3.63, 3.8) is 0 Å². The maximum Gasteiger partial charge on any atom is 0.353 e. The van der Waals surface area contributed by atoms with Crippen LogP contribution in [0.25, 0.3) is 0 Å². The van der Waals surface area contributed by atoms with Crippen LogP contribution < -0.4 is 15.0 Å². The normalized spacial score (nSPS) is 14.8. The second-order valence-corrected chi connectivity index (χ2v) is 6.73. The molecule has 3 rings (SSSR count). The summed E-state index contributed by atoms with van der Waals surface area (Å²) in [5, 5.41) is 14.8. The highest BCUT2D eigenvalue weighted by Crippen LogP contribution is 2.36. The number of methoxy groups -OCH3 is 1. The van der Waals surface area contributed by atoms with Crippen LogP contribution in [0, 0.1) is 16.0 Å². The lowest BCUT2D eigenvalue weighted by molar-refractivity contribution is -0.383. The molecule has 1 saturated heterocycles. The first-order chi connectivity index (χ1) is 13.1. The van der Waals surface area contributed by atoms with E-state index in [1.54, 1.807) is 13.2 Å². The predicted octanol–water partition coefficient (Wildman–Crippen LogP) is 4.15. The minimum Gasteiger partial charge on any atom is -0.497 e. The van der Waals surface area contributed by atoms with Crippen molar-refractivity contribution in [1.82, 2.24) is 9.97 Å². The number of hydrogen-bond donors (Lipinski definition) is 1. The minimum atomic E-state index is -0.407. The molecule has 0 spiro atoms. The number of piperidine rings is 1. The zero-order chi connectivity index (χ0) is 19.2. The van der Waals surface area contributed by atoms with E-state index in [2.05, 4.69) is 22.2 Å². The van der Waals surface area contributed by atoms with E-state index in [9.17, 15) is 10.1 Å². The van der Waals surface area contributed by atoms with Crippen LogP contribution in [-0.4, -0.2) is 35.1 Å². The largest absolute Gasteiger partial charge is 0.497 e. The summed E-state index contributed by atoms with van der Waals surface area (Å²) in [7, 11) is 1.58. The van der Waals surface area contributed by atoms with Gasteiger partial charge in [0.1, 0.15) is 12.1 Å². The molecule has 0 atom stereocenters.